The molecule has 0 fully saturated rings. The van der Waals surface area contributed by atoms with Gasteiger partial charge in [-0.2, -0.15) is 0 Å². The molecule has 0 radical (unpaired) electrons. The topological polar surface area (TPSA) is 39.2 Å². The van der Waals surface area contributed by atoms with Crippen molar-refractivity contribution in [3.05, 3.63) is 29.1 Å². The lowest BCUT2D eigenvalue weighted by Crippen LogP contribution is -2.11. The Morgan fingerprint density at radius 1 is 1.59 bits per heavy atom. The Morgan fingerprint density at radius 2 is 2.29 bits per heavy atom. The largest absolute Gasteiger partial charge is 0.466 e. The molecule has 0 N–H and O–H groups in total. The number of alkyl halides is 3. The van der Waals surface area contributed by atoms with Gasteiger partial charge in [0.05, 0.1) is 13.0 Å². The molecule has 1 rings (SSSR count). The van der Waals surface area contributed by atoms with E-state index in [4.69, 9.17) is 16.3 Å². The molecule has 6 heteroatoms. The number of hydrogen-bond acceptors (Lipinski definition) is 3. The molecule has 1 heterocycles. The van der Waals surface area contributed by atoms with Crippen LogP contribution in [0, 0.1) is 0 Å². The van der Waals surface area contributed by atoms with E-state index in [0.717, 1.165) is 0 Å². The quantitative estimate of drug-likeness (QED) is 0.606. The fourth-order valence-electron chi connectivity index (χ4n) is 1.43. The molecule has 0 spiro atoms. The lowest BCUT2D eigenvalue weighted by molar-refractivity contribution is -0.142. The summed E-state index contributed by atoms with van der Waals surface area (Å²) in [4.78, 5) is 14.9. The van der Waals surface area contributed by atoms with Crippen molar-refractivity contribution < 1.29 is 18.3 Å². The number of pyridine rings is 1. The molecular formula is C11H12ClF2NO2. The monoisotopic (exact) mass is 263 g/mol. The molecule has 0 bridgehead atoms. The molecule has 1 aromatic heterocycles. The maximum atomic E-state index is 12.6. The average molecular weight is 264 g/mol. The fraction of sp³-hybridized carbons (Fsp3) is 0.455. The Kier molecular flexibility index (Phi) is 5.28. The highest BCUT2D eigenvalue weighted by Crippen LogP contribution is 2.25. The molecule has 0 aliphatic heterocycles. The molecule has 94 valence electrons. The molecule has 0 aliphatic carbocycles. The van der Waals surface area contributed by atoms with Gasteiger partial charge in [0, 0.05) is 12.1 Å². The standard InChI is InChI=1S/C11H12ClF2NO2/c1-2-17-9(16)5-7-3-4-15-10(11(13)14)8(7)6-12/h3-4,11H,2,5-6H2,1H3. The smallest absolute Gasteiger partial charge is 0.310 e. The van der Waals surface area contributed by atoms with Crippen LogP contribution >= 0.6 is 11.6 Å². The van der Waals surface area contributed by atoms with Gasteiger partial charge in [-0.25, -0.2) is 8.78 Å². The predicted octanol–water partition coefficient (Wildman–Crippen LogP) is 2.86. The summed E-state index contributed by atoms with van der Waals surface area (Å²) in [5.74, 6) is -0.576. The van der Waals surface area contributed by atoms with Crippen molar-refractivity contribution in [3.63, 3.8) is 0 Å². The van der Waals surface area contributed by atoms with Gasteiger partial charge >= 0.3 is 5.97 Å². The van der Waals surface area contributed by atoms with Crippen LogP contribution in [0.3, 0.4) is 0 Å². The number of carbonyl (C=O) groups is 1. The highest BCUT2D eigenvalue weighted by atomic mass is 35.5. The van der Waals surface area contributed by atoms with Crippen molar-refractivity contribution in [2.45, 2.75) is 25.7 Å². The molecule has 17 heavy (non-hydrogen) atoms. The van der Waals surface area contributed by atoms with E-state index in [2.05, 4.69) is 4.98 Å². The second-order valence-corrected chi connectivity index (χ2v) is 3.52. The first-order valence-electron chi connectivity index (χ1n) is 5.06. The predicted molar refractivity (Wildman–Crippen MR) is 59.1 cm³/mol. The van der Waals surface area contributed by atoms with Crippen molar-refractivity contribution in [1.29, 1.82) is 0 Å². The van der Waals surface area contributed by atoms with Gasteiger partial charge < -0.3 is 4.74 Å². The summed E-state index contributed by atoms with van der Waals surface area (Å²) in [6.07, 6.45) is -1.53. The van der Waals surface area contributed by atoms with Crippen LogP contribution in [0.5, 0.6) is 0 Å². The fourth-order valence-corrected chi connectivity index (χ4v) is 1.73. The van der Waals surface area contributed by atoms with E-state index in [1.165, 1.54) is 12.3 Å². The van der Waals surface area contributed by atoms with Gasteiger partial charge in [-0.15, -0.1) is 11.6 Å². The van der Waals surface area contributed by atoms with Crippen LogP contribution < -0.4 is 0 Å². The summed E-state index contributed by atoms with van der Waals surface area (Å²) in [7, 11) is 0. The van der Waals surface area contributed by atoms with Gasteiger partial charge in [-0.1, -0.05) is 0 Å². The van der Waals surface area contributed by atoms with Gasteiger partial charge in [0.1, 0.15) is 5.69 Å². The molecule has 0 saturated heterocycles. The second-order valence-electron chi connectivity index (χ2n) is 3.25. The number of hydrogen-bond donors (Lipinski definition) is 0. The minimum absolute atomic E-state index is 0.0713. The van der Waals surface area contributed by atoms with E-state index < -0.39 is 12.4 Å². The molecule has 0 amide bonds. The highest BCUT2D eigenvalue weighted by Gasteiger charge is 2.18. The van der Waals surface area contributed by atoms with Crippen molar-refractivity contribution in [1.82, 2.24) is 4.98 Å². The third kappa shape index (κ3) is 3.63. The van der Waals surface area contributed by atoms with Crippen LogP contribution in [-0.2, 0) is 21.8 Å². The van der Waals surface area contributed by atoms with Crippen LogP contribution in [0.25, 0.3) is 0 Å². The second kappa shape index (κ2) is 6.49. The lowest BCUT2D eigenvalue weighted by atomic mass is 10.1. The number of carbonyl (C=O) groups excluding carboxylic acids is 1. The van der Waals surface area contributed by atoms with Crippen LogP contribution in [0.1, 0.15) is 30.2 Å². The molecule has 0 aromatic carbocycles. The van der Waals surface area contributed by atoms with Gasteiger partial charge in [0.2, 0.25) is 0 Å². The molecular weight excluding hydrogens is 252 g/mol. The molecule has 0 atom stereocenters. The highest BCUT2D eigenvalue weighted by molar-refractivity contribution is 6.17. The zero-order chi connectivity index (χ0) is 12.8. The van der Waals surface area contributed by atoms with E-state index >= 15 is 0 Å². The number of ether oxygens (including phenoxy) is 1. The number of halogens is 3. The van der Waals surface area contributed by atoms with Crippen LogP contribution in [0.4, 0.5) is 8.78 Å². The molecule has 0 saturated carbocycles. The average Bonchev–Trinajstić information content (AvgIpc) is 2.28. The molecule has 1 aromatic rings. The van der Waals surface area contributed by atoms with E-state index in [-0.39, 0.29) is 30.2 Å². The maximum absolute atomic E-state index is 12.6. The first kappa shape index (κ1) is 13.8. The Morgan fingerprint density at radius 3 is 2.82 bits per heavy atom. The normalized spacial score (nSPS) is 10.6. The van der Waals surface area contributed by atoms with Crippen LogP contribution in [0.2, 0.25) is 0 Å². The van der Waals surface area contributed by atoms with Gasteiger partial charge in [-0.3, -0.25) is 9.78 Å². The van der Waals surface area contributed by atoms with E-state index in [0.29, 0.717) is 5.56 Å². The van der Waals surface area contributed by atoms with Crippen molar-refractivity contribution >= 4 is 17.6 Å². The molecule has 0 aliphatic rings. The van der Waals surface area contributed by atoms with Crippen molar-refractivity contribution in [2.24, 2.45) is 0 Å². The van der Waals surface area contributed by atoms with Gasteiger partial charge in [-0.05, 0) is 24.1 Å². The third-order valence-electron chi connectivity index (χ3n) is 2.17. The maximum Gasteiger partial charge on any atom is 0.310 e. The van der Waals surface area contributed by atoms with Crippen molar-refractivity contribution in [3.8, 4) is 0 Å². The minimum Gasteiger partial charge on any atom is -0.466 e. The molecule has 0 unspecified atom stereocenters. The van der Waals surface area contributed by atoms with Crippen LogP contribution in [-0.4, -0.2) is 17.6 Å². The van der Waals surface area contributed by atoms with Crippen molar-refractivity contribution in [2.75, 3.05) is 6.61 Å². The molecule has 3 nitrogen and oxygen atoms in total. The minimum atomic E-state index is -2.70. The lowest BCUT2D eigenvalue weighted by Gasteiger charge is -2.10. The van der Waals surface area contributed by atoms with E-state index in [9.17, 15) is 13.6 Å². The Labute approximate surface area is 103 Å². The van der Waals surface area contributed by atoms with Crippen LogP contribution in [0.15, 0.2) is 12.3 Å². The Balaban J connectivity index is 2.99. The SMILES string of the molecule is CCOC(=O)Cc1ccnc(C(F)F)c1CCl. The van der Waals surface area contributed by atoms with E-state index in [1.54, 1.807) is 6.92 Å². The number of rotatable bonds is 5. The number of esters is 1. The zero-order valence-electron chi connectivity index (χ0n) is 9.25. The summed E-state index contributed by atoms with van der Waals surface area (Å²) in [6, 6.07) is 1.50. The summed E-state index contributed by atoms with van der Waals surface area (Å²) in [6.45, 7) is 1.93. The summed E-state index contributed by atoms with van der Waals surface area (Å²) in [5.41, 5.74) is 0.266. The Hall–Kier alpha value is -1.23. The number of aromatic nitrogens is 1. The summed E-state index contributed by atoms with van der Waals surface area (Å²) < 4.78 is 30.0. The van der Waals surface area contributed by atoms with Gasteiger partial charge in [0.15, 0.2) is 0 Å². The summed E-state index contributed by atoms with van der Waals surface area (Å²) in [5, 5.41) is 0. The van der Waals surface area contributed by atoms with Gasteiger partial charge in [0.25, 0.3) is 6.43 Å². The van der Waals surface area contributed by atoms with E-state index in [1.807, 2.05) is 0 Å². The summed E-state index contributed by atoms with van der Waals surface area (Å²) >= 11 is 5.62. The zero-order valence-corrected chi connectivity index (χ0v) is 10.0. The first-order chi connectivity index (χ1) is 8.10. The third-order valence-corrected chi connectivity index (χ3v) is 2.43. The number of nitrogens with zero attached hydrogens (tertiary/aromatic N) is 1. The Bertz CT molecular complexity index is 399. The first-order valence-corrected chi connectivity index (χ1v) is 5.60.